The van der Waals surface area contributed by atoms with Crippen molar-refractivity contribution in [2.24, 2.45) is 17.8 Å². The summed E-state index contributed by atoms with van der Waals surface area (Å²) in [5.41, 5.74) is 1.53. The molecular formula is C26H42O2. The fourth-order valence-corrected chi connectivity index (χ4v) is 5.54. The first-order valence-electron chi connectivity index (χ1n) is 12.0. The normalized spacial score (nSPS) is 28.2. The van der Waals surface area contributed by atoms with Crippen LogP contribution in [0.4, 0.5) is 0 Å². The van der Waals surface area contributed by atoms with Crippen molar-refractivity contribution < 1.29 is 9.47 Å². The highest BCUT2D eigenvalue weighted by Crippen LogP contribution is 2.44. The van der Waals surface area contributed by atoms with E-state index in [2.05, 4.69) is 31.2 Å². The molecule has 2 nitrogen and oxygen atoms in total. The average Bonchev–Trinajstić information content (AvgIpc) is 2.75. The van der Waals surface area contributed by atoms with Gasteiger partial charge in [-0.1, -0.05) is 38.3 Å². The minimum atomic E-state index is 0.764. The highest BCUT2D eigenvalue weighted by atomic mass is 16.5. The Morgan fingerprint density at radius 3 is 2.04 bits per heavy atom. The summed E-state index contributed by atoms with van der Waals surface area (Å²) in [5.74, 6) is 4.59. The highest BCUT2D eigenvalue weighted by Gasteiger charge is 2.31. The summed E-state index contributed by atoms with van der Waals surface area (Å²) < 4.78 is 11.3. The quantitative estimate of drug-likeness (QED) is 0.391. The van der Waals surface area contributed by atoms with E-state index >= 15 is 0 Å². The van der Waals surface area contributed by atoms with E-state index < -0.39 is 0 Å². The molecule has 28 heavy (non-hydrogen) atoms. The van der Waals surface area contributed by atoms with E-state index in [4.69, 9.17) is 9.47 Å². The molecule has 2 saturated carbocycles. The third kappa shape index (κ3) is 6.51. The van der Waals surface area contributed by atoms with Crippen molar-refractivity contribution in [1.82, 2.24) is 0 Å². The van der Waals surface area contributed by atoms with E-state index in [0.717, 1.165) is 42.6 Å². The van der Waals surface area contributed by atoms with Gasteiger partial charge in [0.1, 0.15) is 5.75 Å². The molecule has 0 atom stereocenters. The Morgan fingerprint density at radius 1 is 0.786 bits per heavy atom. The zero-order valence-electron chi connectivity index (χ0n) is 18.3. The van der Waals surface area contributed by atoms with Crippen molar-refractivity contribution in [3.05, 3.63) is 29.8 Å². The zero-order chi connectivity index (χ0) is 19.6. The maximum atomic E-state index is 5.91. The van der Waals surface area contributed by atoms with Gasteiger partial charge >= 0.3 is 0 Å². The summed E-state index contributed by atoms with van der Waals surface area (Å²) in [5, 5.41) is 0. The van der Waals surface area contributed by atoms with Crippen molar-refractivity contribution in [3.63, 3.8) is 0 Å². The Bertz CT molecular complexity index is 522. The van der Waals surface area contributed by atoms with Crippen LogP contribution in [0.2, 0.25) is 0 Å². The zero-order valence-corrected chi connectivity index (χ0v) is 18.3. The monoisotopic (exact) mass is 386 g/mol. The molecule has 0 spiro atoms. The van der Waals surface area contributed by atoms with Gasteiger partial charge in [-0.25, -0.2) is 0 Å². The van der Waals surface area contributed by atoms with Crippen LogP contribution in [0.15, 0.2) is 24.3 Å². The van der Waals surface area contributed by atoms with Crippen molar-refractivity contribution in [2.45, 2.75) is 89.9 Å². The Kier molecular flexibility index (Phi) is 9.18. The van der Waals surface area contributed by atoms with Crippen molar-refractivity contribution in [3.8, 4) is 5.75 Å². The third-order valence-corrected chi connectivity index (χ3v) is 7.35. The third-order valence-electron chi connectivity index (χ3n) is 7.35. The summed E-state index contributed by atoms with van der Waals surface area (Å²) in [6, 6.07) is 9.03. The molecule has 2 aliphatic carbocycles. The molecule has 2 heteroatoms. The lowest BCUT2D eigenvalue weighted by Gasteiger charge is -2.38. The molecule has 3 rings (SSSR count). The standard InChI is InChI=1S/C26H42O2/c1-3-4-5-6-19-28-26-17-15-25(16-18-26)24-13-11-23(12-14-24)22-9-7-21(8-10-22)20-27-2/h15-18,21-24H,3-14,19-20H2,1-2H3. The summed E-state index contributed by atoms with van der Waals surface area (Å²) in [4.78, 5) is 0. The molecule has 0 aromatic heterocycles. The van der Waals surface area contributed by atoms with E-state index in [1.54, 1.807) is 0 Å². The fraction of sp³-hybridized carbons (Fsp3) is 0.769. The van der Waals surface area contributed by atoms with E-state index in [1.807, 2.05) is 7.11 Å². The van der Waals surface area contributed by atoms with Crippen molar-refractivity contribution in [2.75, 3.05) is 20.3 Å². The Hall–Kier alpha value is -1.02. The molecule has 1 aromatic rings. The van der Waals surface area contributed by atoms with E-state index in [9.17, 15) is 0 Å². The minimum Gasteiger partial charge on any atom is -0.494 e. The minimum absolute atomic E-state index is 0.764. The number of methoxy groups -OCH3 is 1. The summed E-state index contributed by atoms with van der Waals surface area (Å²) >= 11 is 0. The second-order valence-electron chi connectivity index (χ2n) is 9.33. The van der Waals surface area contributed by atoms with Crippen LogP contribution < -0.4 is 4.74 Å². The van der Waals surface area contributed by atoms with Crippen molar-refractivity contribution in [1.29, 1.82) is 0 Å². The van der Waals surface area contributed by atoms with Crippen LogP contribution >= 0.6 is 0 Å². The first-order chi connectivity index (χ1) is 13.8. The average molecular weight is 387 g/mol. The van der Waals surface area contributed by atoms with Crippen LogP contribution in [0.1, 0.15) is 95.5 Å². The fourth-order valence-electron chi connectivity index (χ4n) is 5.54. The molecule has 0 bridgehead atoms. The van der Waals surface area contributed by atoms with Gasteiger partial charge in [0.15, 0.2) is 0 Å². The summed E-state index contributed by atoms with van der Waals surface area (Å²) in [7, 11) is 1.85. The van der Waals surface area contributed by atoms with Gasteiger partial charge in [-0.15, -0.1) is 0 Å². The molecule has 2 fully saturated rings. The molecule has 0 heterocycles. The Labute approximate surface area is 173 Å². The SMILES string of the molecule is CCCCCCOc1ccc(C2CCC(C3CCC(COC)CC3)CC2)cc1. The Morgan fingerprint density at radius 2 is 1.43 bits per heavy atom. The van der Waals surface area contributed by atoms with Crippen LogP contribution in [0.25, 0.3) is 0 Å². The van der Waals surface area contributed by atoms with Gasteiger partial charge in [0.2, 0.25) is 0 Å². The van der Waals surface area contributed by atoms with Crippen LogP contribution in [-0.2, 0) is 4.74 Å². The Balaban J connectivity index is 1.37. The largest absolute Gasteiger partial charge is 0.494 e. The molecule has 0 N–H and O–H groups in total. The first-order valence-corrected chi connectivity index (χ1v) is 12.0. The topological polar surface area (TPSA) is 18.5 Å². The molecule has 0 radical (unpaired) electrons. The lowest BCUT2D eigenvalue weighted by Crippen LogP contribution is -2.26. The molecule has 0 saturated heterocycles. The van der Waals surface area contributed by atoms with Crippen LogP contribution in [-0.4, -0.2) is 20.3 Å². The maximum absolute atomic E-state index is 5.91. The molecule has 2 aliphatic rings. The molecular weight excluding hydrogens is 344 g/mol. The molecule has 0 aliphatic heterocycles. The van der Waals surface area contributed by atoms with Gasteiger partial charge in [0, 0.05) is 13.7 Å². The van der Waals surface area contributed by atoms with E-state index in [1.165, 1.54) is 82.6 Å². The number of unbranched alkanes of at least 4 members (excludes halogenated alkanes) is 3. The molecule has 0 amide bonds. The van der Waals surface area contributed by atoms with Gasteiger partial charge < -0.3 is 9.47 Å². The summed E-state index contributed by atoms with van der Waals surface area (Å²) in [6.07, 6.45) is 16.3. The van der Waals surface area contributed by atoms with Gasteiger partial charge in [0.05, 0.1) is 6.61 Å². The van der Waals surface area contributed by atoms with Crippen LogP contribution in [0.3, 0.4) is 0 Å². The van der Waals surface area contributed by atoms with Crippen LogP contribution in [0, 0.1) is 17.8 Å². The number of hydrogen-bond acceptors (Lipinski definition) is 2. The number of ether oxygens (including phenoxy) is 2. The molecule has 158 valence electrons. The lowest BCUT2D eigenvalue weighted by molar-refractivity contribution is 0.0968. The van der Waals surface area contributed by atoms with E-state index in [0.29, 0.717) is 0 Å². The highest BCUT2D eigenvalue weighted by molar-refractivity contribution is 5.29. The smallest absolute Gasteiger partial charge is 0.119 e. The number of rotatable bonds is 10. The van der Waals surface area contributed by atoms with Gasteiger partial charge in [-0.3, -0.25) is 0 Å². The predicted molar refractivity (Wildman–Crippen MR) is 118 cm³/mol. The first kappa shape index (κ1) is 21.7. The van der Waals surface area contributed by atoms with Crippen molar-refractivity contribution >= 4 is 0 Å². The van der Waals surface area contributed by atoms with E-state index in [-0.39, 0.29) is 0 Å². The van der Waals surface area contributed by atoms with Gasteiger partial charge in [-0.05, 0) is 99.2 Å². The second-order valence-corrected chi connectivity index (χ2v) is 9.33. The number of benzene rings is 1. The summed E-state index contributed by atoms with van der Waals surface area (Å²) in [6.45, 7) is 4.08. The molecule has 1 aromatic carbocycles. The van der Waals surface area contributed by atoms with Gasteiger partial charge in [-0.2, -0.15) is 0 Å². The maximum Gasteiger partial charge on any atom is 0.119 e. The lowest BCUT2D eigenvalue weighted by atomic mass is 9.68. The molecule has 0 unspecified atom stereocenters. The number of hydrogen-bond donors (Lipinski definition) is 0. The van der Waals surface area contributed by atoms with Crippen LogP contribution in [0.5, 0.6) is 5.75 Å². The second kappa shape index (κ2) is 11.9. The predicted octanol–water partition coefficient (Wildman–Crippen LogP) is 7.37. The van der Waals surface area contributed by atoms with Gasteiger partial charge in [0.25, 0.3) is 0 Å².